The van der Waals surface area contributed by atoms with Gasteiger partial charge >= 0.3 is 5.97 Å². The number of carboxylic acid groups (broad SMARTS) is 1. The number of para-hydroxylation sites is 2. The summed E-state index contributed by atoms with van der Waals surface area (Å²) in [4.78, 5) is 13.5. The highest BCUT2D eigenvalue weighted by Gasteiger charge is 2.43. The maximum Gasteiger partial charge on any atom is 0.303 e. The fourth-order valence-corrected chi connectivity index (χ4v) is 7.60. The molecule has 5 rings (SSSR count). The molecule has 6 heteroatoms. The molecule has 2 heterocycles. The van der Waals surface area contributed by atoms with Crippen molar-refractivity contribution in [3.8, 4) is 0 Å². The Morgan fingerprint density at radius 3 is 2.35 bits per heavy atom. The van der Waals surface area contributed by atoms with E-state index in [1.165, 1.54) is 50.8 Å². The largest absolute Gasteiger partial charge is 1.00 e. The van der Waals surface area contributed by atoms with E-state index >= 15 is 0 Å². The number of hydrogen-bond acceptors (Lipinski definition) is 3. The van der Waals surface area contributed by atoms with Gasteiger partial charge in [0.05, 0.1) is 5.41 Å². The average Bonchev–Trinajstić information content (AvgIpc) is 3.38. The van der Waals surface area contributed by atoms with E-state index in [1.807, 2.05) is 0 Å². The summed E-state index contributed by atoms with van der Waals surface area (Å²) >= 11 is 0. The van der Waals surface area contributed by atoms with Crippen molar-refractivity contribution in [1.29, 1.82) is 0 Å². The molecule has 0 saturated heterocycles. The summed E-state index contributed by atoms with van der Waals surface area (Å²) in [6.07, 6.45) is 15.5. The van der Waals surface area contributed by atoms with E-state index in [0.717, 1.165) is 58.2 Å². The molecule has 0 atom stereocenters. The Morgan fingerprint density at radius 1 is 0.913 bits per heavy atom. The van der Waals surface area contributed by atoms with Crippen molar-refractivity contribution in [1.82, 2.24) is 5.32 Å². The summed E-state index contributed by atoms with van der Waals surface area (Å²) < 4.78 is 2.46. The molecule has 2 aromatic carbocycles. The lowest BCUT2D eigenvalue weighted by atomic mass is 9.81. The lowest BCUT2D eigenvalue weighted by Gasteiger charge is -2.27. The third kappa shape index (κ3) is 7.07. The van der Waals surface area contributed by atoms with Gasteiger partial charge in [-0.15, -0.1) is 0 Å². The number of unbranched alkanes of at least 4 members (excludes halogenated alkanes) is 2. The number of carbonyl (C=O) groups is 1. The van der Waals surface area contributed by atoms with Gasteiger partial charge in [0.25, 0.3) is 0 Å². The monoisotopic (exact) mass is 733 g/mol. The van der Waals surface area contributed by atoms with Crippen LogP contribution in [0.5, 0.6) is 0 Å². The van der Waals surface area contributed by atoms with Crippen molar-refractivity contribution < 1.29 is 38.5 Å². The van der Waals surface area contributed by atoms with Gasteiger partial charge in [0.15, 0.2) is 5.71 Å². The van der Waals surface area contributed by atoms with Crippen molar-refractivity contribution >= 4 is 23.1 Å². The molecular formula is C40H52IN3O2. The molecule has 2 N–H and O–H groups in total. The number of benzene rings is 2. The maximum atomic E-state index is 11.0. The predicted molar refractivity (Wildman–Crippen MR) is 188 cm³/mol. The van der Waals surface area contributed by atoms with Gasteiger partial charge < -0.3 is 39.3 Å². The molecule has 0 bridgehead atoms. The van der Waals surface area contributed by atoms with Crippen LogP contribution in [0.4, 0.5) is 11.4 Å². The summed E-state index contributed by atoms with van der Waals surface area (Å²) in [5.74, 6) is -0.711. The zero-order chi connectivity index (χ0) is 32.2. The van der Waals surface area contributed by atoms with Gasteiger partial charge in [0.1, 0.15) is 6.54 Å². The number of rotatable bonds is 12. The zero-order valence-corrected chi connectivity index (χ0v) is 30.8. The van der Waals surface area contributed by atoms with Gasteiger partial charge in [-0.3, -0.25) is 4.79 Å². The number of nitrogens with one attached hydrogen (secondary N) is 1. The van der Waals surface area contributed by atoms with Crippen molar-refractivity contribution in [3.05, 3.63) is 107 Å². The van der Waals surface area contributed by atoms with Gasteiger partial charge in [0.2, 0.25) is 5.69 Å². The van der Waals surface area contributed by atoms with Crippen LogP contribution in [0, 0.1) is 0 Å². The standard InChI is InChI=1S/C40H51N3O2.HI/c1-7-42-33-21-13-11-19-31(33)39(3,4)35(42)26-24-29-17-16-18-30(38(29)41-28-15-9-10-23-37(44)45)25-27-36-40(5,6)32-20-12-14-22-34(32)43(36)8-2;/h11-14,19-22,24-27H,7-10,15-18,23,28H2,1-6H3,(H,44,45);1H/b29-24+,35-26+;. The number of fused-ring (bicyclic) bond motifs is 2. The van der Waals surface area contributed by atoms with E-state index in [4.69, 9.17) is 5.11 Å². The molecule has 5 nitrogen and oxygen atoms in total. The molecule has 0 spiro atoms. The van der Waals surface area contributed by atoms with E-state index in [-0.39, 0.29) is 41.2 Å². The van der Waals surface area contributed by atoms with Gasteiger partial charge in [-0.2, -0.15) is 4.58 Å². The number of aliphatic carboxylic acids is 1. The number of anilines is 1. The first-order valence-corrected chi connectivity index (χ1v) is 17.0. The molecule has 1 aliphatic carbocycles. The predicted octanol–water partition coefficient (Wildman–Crippen LogP) is 5.94. The molecule has 0 saturated carbocycles. The first-order valence-electron chi connectivity index (χ1n) is 17.0. The number of nitrogens with zero attached hydrogens (tertiary/aromatic N) is 2. The average molecular weight is 734 g/mol. The number of hydrogen-bond donors (Lipinski definition) is 2. The number of allylic oxidation sites excluding steroid dienone is 7. The first kappa shape index (κ1) is 35.7. The minimum atomic E-state index is -0.711. The van der Waals surface area contributed by atoms with E-state index in [0.29, 0.717) is 0 Å². The Balaban J connectivity index is 0.00000480. The SMILES string of the molecule is CCN1/C(=C/C=C2\CCCC(/C=C/C3=[N+](CC)c4ccccc4C3(C)C)=C2NCCCCCC(=O)O)C(C)(C)c2ccccc21.[I-]. The lowest BCUT2D eigenvalue weighted by Crippen LogP contribution is -3.00. The Labute approximate surface area is 293 Å². The van der Waals surface area contributed by atoms with Crippen molar-refractivity contribution in [2.75, 3.05) is 24.5 Å². The van der Waals surface area contributed by atoms with Crippen molar-refractivity contribution in [3.63, 3.8) is 0 Å². The fraction of sp³-hybridized carbons (Fsp3) is 0.450. The summed E-state index contributed by atoms with van der Waals surface area (Å²) in [6, 6.07) is 17.6. The smallest absolute Gasteiger partial charge is 0.303 e. The van der Waals surface area contributed by atoms with Gasteiger partial charge in [-0.1, -0.05) is 68.8 Å². The van der Waals surface area contributed by atoms with Crippen molar-refractivity contribution in [2.24, 2.45) is 0 Å². The molecule has 0 aromatic heterocycles. The van der Waals surface area contributed by atoms with Gasteiger partial charge in [-0.25, -0.2) is 0 Å². The second-order valence-electron chi connectivity index (χ2n) is 13.6. The van der Waals surface area contributed by atoms with Crippen LogP contribution >= 0.6 is 0 Å². The van der Waals surface area contributed by atoms with Gasteiger partial charge in [-0.05, 0) is 88.7 Å². The van der Waals surface area contributed by atoms with Crippen LogP contribution in [0.15, 0.2) is 95.4 Å². The molecule has 0 fully saturated rings. The number of halogens is 1. The molecule has 46 heavy (non-hydrogen) atoms. The van der Waals surface area contributed by atoms with E-state index in [9.17, 15) is 4.79 Å². The highest BCUT2D eigenvalue weighted by atomic mass is 127. The molecular weight excluding hydrogens is 681 g/mol. The normalized spacial score (nSPS) is 20.0. The van der Waals surface area contributed by atoms with Crippen LogP contribution in [-0.4, -0.2) is 41.0 Å². The highest BCUT2D eigenvalue weighted by Crippen LogP contribution is 2.47. The molecule has 0 amide bonds. The molecule has 2 aliphatic heterocycles. The van der Waals surface area contributed by atoms with E-state index in [2.05, 4.69) is 129 Å². The summed E-state index contributed by atoms with van der Waals surface area (Å²) in [6.45, 7) is 16.5. The quantitative estimate of drug-likeness (QED) is 0.161. The molecule has 2 aromatic rings. The lowest BCUT2D eigenvalue weighted by molar-refractivity contribution is -0.433. The van der Waals surface area contributed by atoms with Crippen LogP contribution in [0.1, 0.15) is 97.6 Å². The van der Waals surface area contributed by atoms with E-state index < -0.39 is 5.97 Å². The molecule has 0 radical (unpaired) electrons. The van der Waals surface area contributed by atoms with Crippen LogP contribution in [-0.2, 0) is 15.6 Å². The first-order chi connectivity index (χ1) is 21.6. The number of likely N-dealkylation sites (N-methyl/N-ethyl adjacent to an activating group) is 1. The summed E-state index contributed by atoms with van der Waals surface area (Å²) in [5, 5.41) is 12.9. The Hall–Kier alpha value is -3.13. The van der Waals surface area contributed by atoms with Crippen LogP contribution in [0.3, 0.4) is 0 Å². The topological polar surface area (TPSA) is 55.6 Å². The van der Waals surface area contributed by atoms with Crippen LogP contribution < -0.4 is 34.2 Å². The minimum Gasteiger partial charge on any atom is -1.00 e. The Bertz CT molecular complexity index is 1590. The second kappa shape index (κ2) is 15.2. The second-order valence-corrected chi connectivity index (χ2v) is 13.6. The summed E-state index contributed by atoms with van der Waals surface area (Å²) in [7, 11) is 0. The zero-order valence-electron chi connectivity index (χ0n) is 28.6. The van der Waals surface area contributed by atoms with E-state index in [1.54, 1.807) is 0 Å². The minimum absolute atomic E-state index is 0. The molecule has 3 aliphatic rings. The van der Waals surface area contributed by atoms with Gasteiger partial charge in [0, 0.05) is 59.7 Å². The molecule has 0 unspecified atom stereocenters. The fourth-order valence-electron chi connectivity index (χ4n) is 7.60. The number of carboxylic acids is 1. The van der Waals surface area contributed by atoms with Crippen molar-refractivity contribution in [2.45, 2.75) is 97.3 Å². The van der Waals surface area contributed by atoms with Crippen LogP contribution in [0.25, 0.3) is 0 Å². The third-order valence-corrected chi connectivity index (χ3v) is 10.0. The highest BCUT2D eigenvalue weighted by molar-refractivity contribution is 6.03. The maximum absolute atomic E-state index is 11.0. The van der Waals surface area contributed by atoms with Crippen LogP contribution in [0.2, 0.25) is 0 Å². The Morgan fingerprint density at radius 2 is 1.63 bits per heavy atom. The third-order valence-electron chi connectivity index (χ3n) is 10.0. The summed E-state index contributed by atoms with van der Waals surface area (Å²) in [5.41, 5.74) is 11.9. The Kier molecular flexibility index (Phi) is 11.8. The molecule has 246 valence electrons.